The molecular weight excluding hydrogens is 310 g/mol. The molecule has 5 heteroatoms. The van der Waals surface area contributed by atoms with Gasteiger partial charge >= 0.3 is 0 Å². The predicted octanol–water partition coefficient (Wildman–Crippen LogP) is 3.81. The van der Waals surface area contributed by atoms with Crippen molar-refractivity contribution in [2.45, 2.75) is 26.3 Å². The highest BCUT2D eigenvalue weighted by atomic mass is 15.3. The molecule has 25 heavy (non-hydrogen) atoms. The van der Waals surface area contributed by atoms with Gasteiger partial charge in [-0.1, -0.05) is 6.07 Å². The number of aryl methyl sites for hydroxylation is 2. The third-order valence-electron chi connectivity index (χ3n) is 4.75. The van der Waals surface area contributed by atoms with Crippen LogP contribution in [0.15, 0.2) is 48.9 Å². The number of rotatable bonds is 2. The van der Waals surface area contributed by atoms with E-state index in [0.717, 1.165) is 58.5 Å². The maximum atomic E-state index is 4.88. The number of fused-ring (bicyclic) bond motifs is 2. The molecule has 1 aliphatic heterocycles. The first-order valence-electron chi connectivity index (χ1n) is 8.54. The molecule has 0 saturated carbocycles. The lowest BCUT2D eigenvalue weighted by atomic mass is 9.99. The van der Waals surface area contributed by atoms with E-state index in [-0.39, 0.29) is 0 Å². The van der Waals surface area contributed by atoms with Gasteiger partial charge in [-0.25, -0.2) is 0 Å². The normalized spacial score (nSPS) is 13.3. The minimum atomic E-state index is 0.907. The van der Waals surface area contributed by atoms with Crippen LogP contribution in [0.4, 0.5) is 0 Å². The van der Waals surface area contributed by atoms with E-state index in [1.54, 1.807) is 0 Å². The van der Waals surface area contributed by atoms with Gasteiger partial charge < -0.3 is 0 Å². The fraction of sp³-hybridized carbons (Fsp3) is 0.200. The van der Waals surface area contributed by atoms with Crippen LogP contribution >= 0.6 is 0 Å². The Morgan fingerprint density at radius 1 is 1.08 bits per heavy atom. The molecule has 122 valence electrons. The van der Waals surface area contributed by atoms with E-state index in [2.05, 4.69) is 14.6 Å². The molecule has 0 amide bonds. The molecule has 0 unspecified atom stereocenters. The summed E-state index contributed by atoms with van der Waals surface area (Å²) in [6, 6.07) is 10.1. The van der Waals surface area contributed by atoms with Crippen LogP contribution in [-0.2, 0) is 13.0 Å². The smallest absolute Gasteiger partial charge is 0.119 e. The summed E-state index contributed by atoms with van der Waals surface area (Å²) in [5.41, 5.74) is 7.23. The third kappa shape index (κ3) is 2.23. The molecule has 5 heterocycles. The zero-order chi connectivity index (χ0) is 16.8. The minimum absolute atomic E-state index is 0.907. The second kappa shape index (κ2) is 5.48. The van der Waals surface area contributed by atoms with Crippen molar-refractivity contribution in [1.82, 2.24) is 24.7 Å². The van der Waals surface area contributed by atoms with E-state index < -0.39 is 0 Å². The first-order valence-corrected chi connectivity index (χ1v) is 8.54. The van der Waals surface area contributed by atoms with Gasteiger partial charge in [0.05, 0.1) is 11.2 Å². The van der Waals surface area contributed by atoms with Gasteiger partial charge in [0.1, 0.15) is 5.69 Å². The van der Waals surface area contributed by atoms with E-state index in [1.807, 2.05) is 55.8 Å². The topological polar surface area (TPSA) is 56.5 Å². The number of hydrogen-bond donors (Lipinski definition) is 0. The van der Waals surface area contributed by atoms with Crippen LogP contribution in [-0.4, -0.2) is 24.7 Å². The lowest BCUT2D eigenvalue weighted by Gasteiger charge is -2.08. The van der Waals surface area contributed by atoms with Gasteiger partial charge in [0.15, 0.2) is 0 Å². The first-order chi connectivity index (χ1) is 12.3. The Bertz CT molecular complexity index is 1090. The Morgan fingerprint density at radius 3 is 2.96 bits per heavy atom. The van der Waals surface area contributed by atoms with Crippen LogP contribution in [0.2, 0.25) is 0 Å². The Morgan fingerprint density at radius 2 is 2.04 bits per heavy atom. The highest BCUT2D eigenvalue weighted by Gasteiger charge is 2.26. The molecule has 0 bridgehead atoms. The van der Waals surface area contributed by atoms with Crippen molar-refractivity contribution in [2.24, 2.45) is 0 Å². The molecule has 5 nitrogen and oxygen atoms in total. The zero-order valence-electron chi connectivity index (χ0n) is 14.0. The molecule has 0 N–H and O–H groups in total. The van der Waals surface area contributed by atoms with Crippen LogP contribution in [0.1, 0.15) is 17.8 Å². The number of hydrogen-bond acceptors (Lipinski definition) is 4. The van der Waals surface area contributed by atoms with Crippen molar-refractivity contribution in [1.29, 1.82) is 0 Å². The van der Waals surface area contributed by atoms with Crippen LogP contribution in [0, 0.1) is 6.92 Å². The van der Waals surface area contributed by atoms with E-state index in [4.69, 9.17) is 10.1 Å². The molecule has 0 aliphatic carbocycles. The van der Waals surface area contributed by atoms with E-state index in [0.29, 0.717) is 0 Å². The van der Waals surface area contributed by atoms with Gasteiger partial charge in [0.25, 0.3) is 0 Å². The number of nitrogens with zero attached hydrogens (tertiary/aromatic N) is 5. The second-order valence-corrected chi connectivity index (χ2v) is 6.42. The van der Waals surface area contributed by atoms with Crippen LogP contribution in [0.3, 0.4) is 0 Å². The summed E-state index contributed by atoms with van der Waals surface area (Å²) in [7, 11) is 0. The van der Waals surface area contributed by atoms with Gasteiger partial charge in [0.2, 0.25) is 0 Å². The average Bonchev–Trinajstić information content (AvgIpc) is 3.22. The summed E-state index contributed by atoms with van der Waals surface area (Å²) in [6.45, 7) is 2.97. The van der Waals surface area contributed by atoms with Crippen molar-refractivity contribution in [3.8, 4) is 22.5 Å². The molecule has 0 aromatic carbocycles. The number of aromatic nitrogens is 5. The highest BCUT2D eigenvalue weighted by molar-refractivity contribution is 5.97. The molecular formula is C20H17N5. The van der Waals surface area contributed by atoms with Gasteiger partial charge in [-0.2, -0.15) is 5.10 Å². The van der Waals surface area contributed by atoms with Gasteiger partial charge in [-0.15, -0.1) is 0 Å². The van der Waals surface area contributed by atoms with Crippen molar-refractivity contribution in [2.75, 3.05) is 0 Å². The molecule has 1 aliphatic rings. The summed E-state index contributed by atoms with van der Waals surface area (Å²) in [5.74, 6) is 0. The van der Waals surface area contributed by atoms with Crippen LogP contribution in [0.25, 0.3) is 33.4 Å². The molecule has 0 fully saturated rings. The molecule has 0 atom stereocenters. The molecule has 0 saturated heterocycles. The standard InChI is InChI=1S/C20H17N5/c1-13-5-2-7-16(23-13)20-18(17-8-4-10-25(17)24-20)15-12-21-11-14-6-3-9-22-19(14)15/h2-3,5-7,9,11-12H,4,8,10H2,1H3. The molecule has 5 rings (SSSR count). The minimum Gasteiger partial charge on any atom is -0.268 e. The van der Waals surface area contributed by atoms with Crippen molar-refractivity contribution < 1.29 is 0 Å². The summed E-state index contributed by atoms with van der Waals surface area (Å²) in [5, 5.41) is 5.93. The van der Waals surface area contributed by atoms with E-state index >= 15 is 0 Å². The average molecular weight is 327 g/mol. The van der Waals surface area contributed by atoms with Crippen LogP contribution in [0.5, 0.6) is 0 Å². The second-order valence-electron chi connectivity index (χ2n) is 6.42. The fourth-order valence-electron chi connectivity index (χ4n) is 3.65. The largest absolute Gasteiger partial charge is 0.268 e. The van der Waals surface area contributed by atoms with Crippen LogP contribution < -0.4 is 0 Å². The first kappa shape index (κ1) is 14.3. The lowest BCUT2D eigenvalue weighted by molar-refractivity contribution is 0.658. The highest BCUT2D eigenvalue weighted by Crippen LogP contribution is 2.38. The molecule has 4 aromatic rings. The summed E-state index contributed by atoms with van der Waals surface area (Å²) in [6.07, 6.45) is 7.75. The number of pyridine rings is 3. The van der Waals surface area contributed by atoms with E-state index in [1.165, 1.54) is 5.69 Å². The lowest BCUT2D eigenvalue weighted by Crippen LogP contribution is -1.95. The molecule has 0 radical (unpaired) electrons. The Balaban J connectivity index is 1.84. The maximum absolute atomic E-state index is 4.88. The Hall–Kier alpha value is -3.08. The third-order valence-corrected chi connectivity index (χ3v) is 4.75. The SMILES string of the molecule is Cc1cccc(-c2nn3c(c2-c2cncc4cccnc24)CCC3)n1. The monoisotopic (exact) mass is 327 g/mol. The predicted molar refractivity (Wildman–Crippen MR) is 97.0 cm³/mol. The molecule has 4 aromatic heterocycles. The Labute approximate surface area is 145 Å². The maximum Gasteiger partial charge on any atom is 0.119 e. The summed E-state index contributed by atoms with van der Waals surface area (Å²) >= 11 is 0. The van der Waals surface area contributed by atoms with Crippen molar-refractivity contribution in [3.63, 3.8) is 0 Å². The van der Waals surface area contributed by atoms with E-state index in [9.17, 15) is 0 Å². The van der Waals surface area contributed by atoms with Crippen molar-refractivity contribution >= 4 is 10.9 Å². The Kier molecular flexibility index (Phi) is 3.13. The quantitative estimate of drug-likeness (QED) is 0.562. The van der Waals surface area contributed by atoms with Gasteiger partial charge in [-0.3, -0.25) is 19.6 Å². The fourth-order valence-corrected chi connectivity index (χ4v) is 3.65. The summed E-state index contributed by atoms with van der Waals surface area (Å²) < 4.78 is 2.12. The van der Waals surface area contributed by atoms with Crippen molar-refractivity contribution in [3.05, 3.63) is 60.3 Å². The van der Waals surface area contributed by atoms with Gasteiger partial charge in [-0.05, 0) is 44.0 Å². The molecule has 0 spiro atoms. The zero-order valence-corrected chi connectivity index (χ0v) is 14.0. The summed E-state index contributed by atoms with van der Waals surface area (Å²) in [4.78, 5) is 13.8. The van der Waals surface area contributed by atoms with Gasteiger partial charge in [0, 0.05) is 53.0 Å².